The molecule has 0 aliphatic carbocycles. The van der Waals surface area contributed by atoms with Crippen molar-refractivity contribution in [2.75, 3.05) is 13.7 Å². The lowest BCUT2D eigenvalue weighted by Crippen LogP contribution is -2.19. The fourth-order valence-corrected chi connectivity index (χ4v) is 3.81. The zero-order chi connectivity index (χ0) is 19.4. The van der Waals surface area contributed by atoms with Crippen molar-refractivity contribution in [3.05, 3.63) is 69.5 Å². The second-order valence-corrected chi connectivity index (χ2v) is 6.98. The summed E-state index contributed by atoms with van der Waals surface area (Å²) in [6.07, 6.45) is 2.84. The summed E-state index contributed by atoms with van der Waals surface area (Å²) < 4.78 is 34.7. The molecule has 8 heteroatoms. The number of carbonyl (C=O) groups is 1. The first-order valence-electron chi connectivity index (χ1n) is 7.98. The minimum atomic E-state index is -0.710. The van der Waals surface area contributed by atoms with Crippen LogP contribution in [0.1, 0.15) is 5.56 Å². The fraction of sp³-hybridized carbons (Fsp3) is 0.158. The maximum absolute atomic E-state index is 14.2. The van der Waals surface area contributed by atoms with Gasteiger partial charge in [-0.2, -0.15) is 4.99 Å². The van der Waals surface area contributed by atoms with Crippen LogP contribution in [0.2, 0.25) is 5.02 Å². The quantitative estimate of drug-likeness (QED) is 0.586. The number of rotatable bonds is 5. The first-order chi connectivity index (χ1) is 13.0. The van der Waals surface area contributed by atoms with Crippen LogP contribution in [0.15, 0.2) is 47.5 Å². The smallest absolute Gasteiger partial charge is 0.272 e. The Morgan fingerprint density at radius 2 is 2.11 bits per heavy atom. The average Bonchev–Trinajstić information content (AvgIpc) is 2.96. The SMILES string of the molecule is COCCn1c(=NC(=O)/C=C/c2ccccc2Cl)sc2cc(F)cc(F)c21. The molecule has 1 heterocycles. The summed E-state index contributed by atoms with van der Waals surface area (Å²) in [5.41, 5.74) is 0.875. The number of carbonyl (C=O) groups excluding carboxylic acids is 1. The van der Waals surface area contributed by atoms with Gasteiger partial charge in [0.05, 0.1) is 16.8 Å². The molecule has 0 aliphatic rings. The van der Waals surface area contributed by atoms with E-state index in [4.69, 9.17) is 16.3 Å². The topological polar surface area (TPSA) is 43.6 Å². The molecule has 0 N–H and O–H groups in total. The van der Waals surface area contributed by atoms with Gasteiger partial charge in [0.2, 0.25) is 0 Å². The number of ether oxygens (including phenoxy) is 1. The molecule has 0 saturated carbocycles. The Labute approximate surface area is 163 Å². The molecule has 0 aliphatic heterocycles. The van der Waals surface area contributed by atoms with Gasteiger partial charge in [0, 0.05) is 30.8 Å². The molecule has 0 unspecified atom stereocenters. The summed E-state index contributed by atoms with van der Waals surface area (Å²) in [6, 6.07) is 9.09. The van der Waals surface area contributed by atoms with Gasteiger partial charge in [-0.05, 0) is 23.8 Å². The number of hydrogen-bond donors (Lipinski definition) is 0. The second kappa shape index (κ2) is 8.56. The van der Waals surface area contributed by atoms with E-state index in [1.807, 2.05) is 0 Å². The number of nitrogens with zero attached hydrogens (tertiary/aromatic N) is 2. The van der Waals surface area contributed by atoms with Crippen LogP contribution in [0, 0.1) is 11.6 Å². The average molecular weight is 409 g/mol. The summed E-state index contributed by atoms with van der Waals surface area (Å²) >= 11 is 7.09. The minimum absolute atomic E-state index is 0.195. The Bertz CT molecular complexity index is 1090. The van der Waals surface area contributed by atoms with E-state index in [1.165, 1.54) is 23.8 Å². The van der Waals surface area contributed by atoms with E-state index < -0.39 is 17.5 Å². The first-order valence-corrected chi connectivity index (χ1v) is 9.17. The van der Waals surface area contributed by atoms with Crippen molar-refractivity contribution in [2.45, 2.75) is 6.54 Å². The predicted octanol–water partition coefficient (Wildman–Crippen LogP) is 4.42. The van der Waals surface area contributed by atoms with E-state index in [-0.39, 0.29) is 16.9 Å². The first kappa shape index (κ1) is 19.4. The Morgan fingerprint density at radius 3 is 2.85 bits per heavy atom. The predicted molar refractivity (Wildman–Crippen MR) is 103 cm³/mol. The lowest BCUT2D eigenvalue weighted by atomic mass is 10.2. The van der Waals surface area contributed by atoms with Gasteiger partial charge in [0.25, 0.3) is 5.91 Å². The Kier molecular flexibility index (Phi) is 6.15. The van der Waals surface area contributed by atoms with E-state index in [2.05, 4.69) is 4.99 Å². The number of fused-ring (bicyclic) bond motifs is 1. The third-order valence-corrected chi connectivity index (χ3v) is 5.10. The highest BCUT2D eigenvalue weighted by atomic mass is 35.5. The molecule has 3 aromatic rings. The highest BCUT2D eigenvalue weighted by Gasteiger charge is 2.13. The number of halogens is 3. The Hall–Kier alpha value is -2.35. The zero-order valence-electron chi connectivity index (χ0n) is 14.3. The van der Waals surface area contributed by atoms with E-state index in [0.29, 0.717) is 21.9 Å². The van der Waals surface area contributed by atoms with Crippen LogP contribution in [-0.4, -0.2) is 24.2 Å². The molecular weight excluding hydrogens is 394 g/mol. The number of methoxy groups -OCH3 is 1. The minimum Gasteiger partial charge on any atom is -0.383 e. The molecular formula is C19H15ClF2N2O2S. The van der Waals surface area contributed by atoms with Crippen molar-refractivity contribution in [1.82, 2.24) is 4.57 Å². The number of thiazole rings is 1. The van der Waals surface area contributed by atoms with Crippen LogP contribution < -0.4 is 4.80 Å². The molecule has 2 aromatic carbocycles. The lowest BCUT2D eigenvalue weighted by Gasteiger charge is -2.04. The highest BCUT2D eigenvalue weighted by molar-refractivity contribution is 7.16. The summed E-state index contributed by atoms with van der Waals surface area (Å²) in [5.74, 6) is -1.93. The Morgan fingerprint density at radius 1 is 1.33 bits per heavy atom. The maximum Gasteiger partial charge on any atom is 0.272 e. The van der Waals surface area contributed by atoms with Crippen LogP contribution in [0.3, 0.4) is 0 Å². The third-order valence-electron chi connectivity index (χ3n) is 3.73. The van der Waals surface area contributed by atoms with Crippen molar-refractivity contribution in [1.29, 1.82) is 0 Å². The van der Waals surface area contributed by atoms with Gasteiger partial charge < -0.3 is 9.30 Å². The number of benzene rings is 2. The third kappa shape index (κ3) is 4.50. The fourth-order valence-electron chi connectivity index (χ4n) is 2.51. The Balaban J connectivity index is 2.02. The van der Waals surface area contributed by atoms with Crippen molar-refractivity contribution in [3.8, 4) is 0 Å². The van der Waals surface area contributed by atoms with Crippen LogP contribution in [0.5, 0.6) is 0 Å². The second-order valence-electron chi connectivity index (χ2n) is 5.57. The van der Waals surface area contributed by atoms with Gasteiger partial charge >= 0.3 is 0 Å². The van der Waals surface area contributed by atoms with Crippen LogP contribution in [0.4, 0.5) is 8.78 Å². The number of amides is 1. The molecule has 0 radical (unpaired) electrons. The van der Waals surface area contributed by atoms with Gasteiger partial charge in [0.1, 0.15) is 5.82 Å². The normalized spacial score (nSPS) is 12.4. The summed E-state index contributed by atoms with van der Waals surface area (Å²) in [5, 5.41) is 0.510. The lowest BCUT2D eigenvalue weighted by molar-refractivity contribution is -0.113. The summed E-state index contributed by atoms with van der Waals surface area (Å²) in [4.78, 5) is 16.5. The molecule has 1 aromatic heterocycles. The monoisotopic (exact) mass is 408 g/mol. The van der Waals surface area contributed by atoms with Gasteiger partial charge in [-0.25, -0.2) is 8.78 Å². The van der Waals surface area contributed by atoms with Gasteiger partial charge in [-0.3, -0.25) is 4.79 Å². The summed E-state index contributed by atoms with van der Waals surface area (Å²) in [6.45, 7) is 0.568. The van der Waals surface area contributed by atoms with E-state index in [0.717, 1.165) is 17.4 Å². The standard InChI is InChI=1S/C19H15ClF2N2O2S/c1-26-9-8-24-18-15(22)10-13(21)11-16(18)27-19(24)23-17(25)7-6-12-4-2-3-5-14(12)20/h2-7,10-11H,8-9H2,1H3/b7-6+,23-19?. The highest BCUT2D eigenvalue weighted by Crippen LogP contribution is 2.22. The largest absolute Gasteiger partial charge is 0.383 e. The summed E-state index contributed by atoms with van der Waals surface area (Å²) in [7, 11) is 1.51. The molecule has 0 fully saturated rings. The number of aromatic nitrogens is 1. The molecule has 0 spiro atoms. The number of hydrogen-bond acceptors (Lipinski definition) is 3. The van der Waals surface area contributed by atoms with Crippen LogP contribution in [-0.2, 0) is 16.1 Å². The molecule has 3 rings (SSSR count). The van der Waals surface area contributed by atoms with E-state index in [9.17, 15) is 13.6 Å². The van der Waals surface area contributed by atoms with E-state index >= 15 is 0 Å². The van der Waals surface area contributed by atoms with Crippen LogP contribution in [0.25, 0.3) is 16.3 Å². The van der Waals surface area contributed by atoms with E-state index in [1.54, 1.807) is 30.3 Å². The molecule has 1 amide bonds. The zero-order valence-corrected chi connectivity index (χ0v) is 15.9. The molecule has 27 heavy (non-hydrogen) atoms. The maximum atomic E-state index is 14.2. The van der Waals surface area contributed by atoms with Gasteiger partial charge in [-0.1, -0.05) is 41.1 Å². The van der Waals surface area contributed by atoms with Crippen molar-refractivity contribution in [2.24, 2.45) is 4.99 Å². The van der Waals surface area contributed by atoms with Crippen molar-refractivity contribution < 1.29 is 18.3 Å². The van der Waals surface area contributed by atoms with Gasteiger partial charge in [-0.15, -0.1) is 0 Å². The molecule has 0 atom stereocenters. The van der Waals surface area contributed by atoms with Gasteiger partial charge in [0.15, 0.2) is 10.6 Å². The molecule has 140 valence electrons. The van der Waals surface area contributed by atoms with Crippen molar-refractivity contribution in [3.63, 3.8) is 0 Å². The molecule has 0 bridgehead atoms. The van der Waals surface area contributed by atoms with Crippen LogP contribution >= 0.6 is 22.9 Å². The molecule has 4 nitrogen and oxygen atoms in total. The molecule has 0 saturated heterocycles. The van der Waals surface area contributed by atoms with Crippen molar-refractivity contribution >= 4 is 45.1 Å².